The third-order valence-corrected chi connectivity index (χ3v) is 5.00. The molecule has 0 fully saturated rings. The number of imidazole rings is 1. The lowest BCUT2D eigenvalue weighted by atomic mass is 10.1. The van der Waals surface area contributed by atoms with E-state index in [4.69, 9.17) is 9.72 Å². The van der Waals surface area contributed by atoms with E-state index in [0.29, 0.717) is 17.0 Å². The van der Waals surface area contributed by atoms with Crippen molar-refractivity contribution in [1.29, 1.82) is 0 Å². The maximum Gasteiger partial charge on any atom is 0.255 e. The third kappa shape index (κ3) is 3.51. The Bertz CT molecular complexity index is 1180. The standard InChI is InChI=1S/C22H18BrN3O2/c1-14-5-4-10-26-13-19(24-21(14)26)15-8-9-20(28-2)18(12-15)25-22(27)16-6-3-7-17(23)11-16/h3-13H,1-2H3,(H,25,27). The van der Waals surface area contributed by atoms with Crippen molar-refractivity contribution >= 4 is 33.2 Å². The Morgan fingerprint density at radius 2 is 2.00 bits per heavy atom. The average molecular weight is 436 g/mol. The van der Waals surface area contributed by atoms with Crippen LogP contribution in [0.1, 0.15) is 15.9 Å². The fourth-order valence-electron chi connectivity index (χ4n) is 3.08. The summed E-state index contributed by atoms with van der Waals surface area (Å²) in [5.74, 6) is 0.384. The number of anilines is 1. The second-order valence-electron chi connectivity index (χ2n) is 6.43. The first-order valence-corrected chi connectivity index (χ1v) is 9.54. The summed E-state index contributed by atoms with van der Waals surface area (Å²) in [6.45, 7) is 2.03. The van der Waals surface area contributed by atoms with Gasteiger partial charge in [0, 0.05) is 28.0 Å². The van der Waals surface area contributed by atoms with E-state index < -0.39 is 0 Å². The van der Waals surface area contributed by atoms with Crippen LogP contribution in [0.15, 0.2) is 71.5 Å². The molecule has 0 saturated carbocycles. The average Bonchev–Trinajstić information content (AvgIpc) is 3.14. The molecule has 0 saturated heterocycles. The molecule has 4 aromatic rings. The number of aromatic nitrogens is 2. The summed E-state index contributed by atoms with van der Waals surface area (Å²) in [4.78, 5) is 17.4. The fourth-order valence-corrected chi connectivity index (χ4v) is 3.48. The molecular weight excluding hydrogens is 418 g/mol. The summed E-state index contributed by atoms with van der Waals surface area (Å²) in [5, 5.41) is 2.94. The first kappa shape index (κ1) is 18.3. The van der Waals surface area contributed by atoms with E-state index in [1.54, 1.807) is 19.2 Å². The molecule has 6 heteroatoms. The van der Waals surface area contributed by atoms with Crippen LogP contribution in [0.2, 0.25) is 0 Å². The van der Waals surface area contributed by atoms with Crippen LogP contribution in [-0.4, -0.2) is 22.4 Å². The first-order chi connectivity index (χ1) is 13.5. The minimum atomic E-state index is -0.206. The van der Waals surface area contributed by atoms with Gasteiger partial charge in [0.15, 0.2) is 0 Å². The molecule has 0 radical (unpaired) electrons. The van der Waals surface area contributed by atoms with Crippen LogP contribution < -0.4 is 10.1 Å². The Morgan fingerprint density at radius 3 is 2.75 bits per heavy atom. The van der Waals surface area contributed by atoms with Crippen molar-refractivity contribution in [3.8, 4) is 17.0 Å². The summed E-state index contributed by atoms with van der Waals surface area (Å²) >= 11 is 3.39. The summed E-state index contributed by atoms with van der Waals surface area (Å²) in [6.07, 6.45) is 3.95. The number of halogens is 1. The molecule has 2 aromatic heterocycles. The predicted molar refractivity (Wildman–Crippen MR) is 114 cm³/mol. The van der Waals surface area contributed by atoms with Gasteiger partial charge in [-0.3, -0.25) is 4.79 Å². The van der Waals surface area contributed by atoms with Gasteiger partial charge in [-0.15, -0.1) is 0 Å². The molecule has 0 aliphatic rings. The topological polar surface area (TPSA) is 55.6 Å². The number of benzene rings is 2. The number of rotatable bonds is 4. The van der Waals surface area contributed by atoms with Crippen LogP contribution in [0.4, 0.5) is 5.69 Å². The summed E-state index contributed by atoms with van der Waals surface area (Å²) < 4.78 is 8.27. The number of carbonyl (C=O) groups is 1. The van der Waals surface area contributed by atoms with Gasteiger partial charge in [-0.1, -0.05) is 28.1 Å². The lowest BCUT2D eigenvalue weighted by Crippen LogP contribution is -2.12. The number of fused-ring (bicyclic) bond motifs is 1. The minimum Gasteiger partial charge on any atom is -0.495 e. The van der Waals surface area contributed by atoms with Gasteiger partial charge < -0.3 is 14.5 Å². The van der Waals surface area contributed by atoms with Gasteiger partial charge in [-0.25, -0.2) is 4.98 Å². The number of nitrogens with one attached hydrogen (secondary N) is 1. The van der Waals surface area contributed by atoms with Crippen molar-refractivity contribution < 1.29 is 9.53 Å². The summed E-state index contributed by atoms with van der Waals surface area (Å²) in [7, 11) is 1.58. The van der Waals surface area contributed by atoms with Crippen LogP contribution in [0.5, 0.6) is 5.75 Å². The largest absolute Gasteiger partial charge is 0.495 e. The molecule has 0 spiro atoms. The monoisotopic (exact) mass is 435 g/mol. The highest BCUT2D eigenvalue weighted by atomic mass is 79.9. The van der Waals surface area contributed by atoms with Crippen LogP contribution >= 0.6 is 15.9 Å². The van der Waals surface area contributed by atoms with Crippen molar-refractivity contribution in [2.24, 2.45) is 0 Å². The maximum atomic E-state index is 12.7. The predicted octanol–water partition coefficient (Wildman–Crippen LogP) is 5.33. The van der Waals surface area contributed by atoms with E-state index >= 15 is 0 Å². The molecule has 0 aliphatic carbocycles. The van der Waals surface area contributed by atoms with Crippen molar-refractivity contribution in [3.63, 3.8) is 0 Å². The molecular formula is C22H18BrN3O2. The molecule has 140 valence electrons. The second-order valence-corrected chi connectivity index (χ2v) is 7.34. The van der Waals surface area contributed by atoms with Crippen LogP contribution in [-0.2, 0) is 0 Å². The van der Waals surface area contributed by atoms with Gasteiger partial charge in [0.25, 0.3) is 5.91 Å². The van der Waals surface area contributed by atoms with Crippen LogP contribution in [0, 0.1) is 6.92 Å². The normalized spacial score (nSPS) is 10.8. The third-order valence-electron chi connectivity index (χ3n) is 4.51. The molecule has 28 heavy (non-hydrogen) atoms. The molecule has 0 aliphatic heterocycles. The molecule has 0 unspecified atom stereocenters. The lowest BCUT2D eigenvalue weighted by molar-refractivity contribution is 0.102. The van der Waals surface area contributed by atoms with Gasteiger partial charge in [-0.05, 0) is 55.0 Å². The Morgan fingerprint density at radius 1 is 1.14 bits per heavy atom. The highest BCUT2D eigenvalue weighted by Gasteiger charge is 2.13. The maximum absolute atomic E-state index is 12.7. The lowest BCUT2D eigenvalue weighted by Gasteiger charge is -2.12. The van der Waals surface area contributed by atoms with Crippen molar-refractivity contribution in [3.05, 3.63) is 82.6 Å². The van der Waals surface area contributed by atoms with Gasteiger partial charge in [0.1, 0.15) is 11.4 Å². The molecule has 2 aromatic carbocycles. The van der Waals surface area contributed by atoms with E-state index in [2.05, 4.69) is 21.2 Å². The van der Waals surface area contributed by atoms with Gasteiger partial charge in [0.2, 0.25) is 0 Å². The quantitative estimate of drug-likeness (QED) is 0.470. The Hall–Kier alpha value is -3.12. The number of pyridine rings is 1. The number of carbonyl (C=O) groups excluding carboxylic acids is 1. The van der Waals surface area contributed by atoms with E-state index in [1.165, 1.54) is 0 Å². The Kier molecular flexibility index (Phi) is 4.88. The molecule has 2 heterocycles. The number of methoxy groups -OCH3 is 1. The molecule has 4 rings (SSSR count). The number of aryl methyl sites for hydroxylation is 1. The van der Waals surface area contributed by atoms with Crippen LogP contribution in [0.25, 0.3) is 16.9 Å². The molecule has 1 N–H and O–H groups in total. The SMILES string of the molecule is COc1ccc(-c2cn3cccc(C)c3n2)cc1NC(=O)c1cccc(Br)c1. The Balaban J connectivity index is 1.71. The zero-order valence-electron chi connectivity index (χ0n) is 15.4. The van der Waals surface area contributed by atoms with Crippen molar-refractivity contribution in [1.82, 2.24) is 9.38 Å². The van der Waals surface area contributed by atoms with Gasteiger partial charge >= 0.3 is 0 Å². The van der Waals surface area contributed by atoms with E-state index in [-0.39, 0.29) is 5.91 Å². The highest BCUT2D eigenvalue weighted by Crippen LogP contribution is 2.31. The number of hydrogen-bond donors (Lipinski definition) is 1. The minimum absolute atomic E-state index is 0.206. The fraction of sp³-hybridized carbons (Fsp3) is 0.0909. The zero-order chi connectivity index (χ0) is 19.7. The Labute approximate surface area is 171 Å². The smallest absolute Gasteiger partial charge is 0.255 e. The highest BCUT2D eigenvalue weighted by molar-refractivity contribution is 9.10. The number of ether oxygens (including phenoxy) is 1. The number of amides is 1. The van der Waals surface area contributed by atoms with Crippen LogP contribution in [0.3, 0.4) is 0 Å². The summed E-state index contributed by atoms with van der Waals surface area (Å²) in [5.41, 5.74) is 4.89. The molecule has 0 atom stereocenters. The van der Waals surface area contributed by atoms with E-state index in [0.717, 1.165) is 26.9 Å². The van der Waals surface area contributed by atoms with E-state index in [9.17, 15) is 4.79 Å². The second kappa shape index (κ2) is 7.48. The molecule has 1 amide bonds. The van der Waals surface area contributed by atoms with Gasteiger partial charge in [-0.2, -0.15) is 0 Å². The van der Waals surface area contributed by atoms with Crippen molar-refractivity contribution in [2.45, 2.75) is 6.92 Å². The first-order valence-electron chi connectivity index (χ1n) is 8.75. The van der Waals surface area contributed by atoms with Gasteiger partial charge in [0.05, 0.1) is 18.5 Å². The van der Waals surface area contributed by atoms with Crippen molar-refractivity contribution in [2.75, 3.05) is 12.4 Å². The number of hydrogen-bond acceptors (Lipinski definition) is 3. The van der Waals surface area contributed by atoms with E-state index in [1.807, 2.05) is 66.2 Å². The molecule has 5 nitrogen and oxygen atoms in total. The number of nitrogens with zero attached hydrogens (tertiary/aromatic N) is 2. The zero-order valence-corrected chi connectivity index (χ0v) is 17.0. The summed E-state index contributed by atoms with van der Waals surface area (Å²) in [6, 6.07) is 16.9. The molecule has 0 bridgehead atoms.